The van der Waals surface area contributed by atoms with Crippen molar-refractivity contribution in [3.63, 3.8) is 0 Å². The van der Waals surface area contributed by atoms with Crippen LogP contribution in [-0.2, 0) is 6.42 Å². The zero-order valence-electron chi connectivity index (χ0n) is 14.9. The Bertz CT molecular complexity index is 1090. The average Bonchev–Trinajstić information content (AvgIpc) is 2.69. The summed E-state index contributed by atoms with van der Waals surface area (Å²) in [6, 6.07) is 4.15. The van der Waals surface area contributed by atoms with Crippen LogP contribution in [0.4, 0.5) is 8.78 Å². The van der Waals surface area contributed by atoms with Crippen molar-refractivity contribution in [2.45, 2.75) is 44.2 Å². The summed E-state index contributed by atoms with van der Waals surface area (Å²) in [6.07, 6.45) is 5.10. The normalized spacial score (nSPS) is 19.9. The van der Waals surface area contributed by atoms with E-state index >= 15 is 0 Å². The van der Waals surface area contributed by atoms with Gasteiger partial charge in [0.15, 0.2) is 11.6 Å². The summed E-state index contributed by atoms with van der Waals surface area (Å²) in [7, 11) is 0. The number of fused-ring (bicyclic) bond motifs is 1. The van der Waals surface area contributed by atoms with Gasteiger partial charge in [0, 0.05) is 12.6 Å². The molecular weight excluding hydrogens is 388 g/mol. The average molecular weight is 406 g/mol. The van der Waals surface area contributed by atoms with Gasteiger partial charge in [0.1, 0.15) is 10.7 Å². The van der Waals surface area contributed by atoms with Crippen molar-refractivity contribution in [3.05, 3.63) is 69.0 Å². The molecule has 1 N–H and O–H groups in total. The Balaban J connectivity index is 1.81. The van der Waals surface area contributed by atoms with E-state index in [-0.39, 0.29) is 22.9 Å². The molecule has 0 bridgehead atoms. The smallest absolute Gasteiger partial charge is 0.261 e. The first kappa shape index (κ1) is 19.0. The quantitative estimate of drug-likeness (QED) is 0.673. The first-order valence-corrected chi connectivity index (χ1v) is 9.49. The molecule has 1 aliphatic rings. The molecule has 0 spiro atoms. The Labute approximate surface area is 164 Å². The fourth-order valence-corrected chi connectivity index (χ4v) is 3.89. The van der Waals surface area contributed by atoms with Crippen LogP contribution in [-0.4, -0.2) is 25.7 Å². The molecule has 4 rings (SSSR count). The first-order chi connectivity index (χ1) is 13.5. The highest BCUT2D eigenvalue weighted by Crippen LogP contribution is 2.28. The largest absolute Gasteiger partial charge is 0.391 e. The number of hydrogen-bond donors (Lipinski definition) is 1. The number of aromatic nitrogens is 3. The molecule has 3 aromatic rings. The maximum absolute atomic E-state index is 14.6. The summed E-state index contributed by atoms with van der Waals surface area (Å²) in [5.41, 5.74) is -0.115. The van der Waals surface area contributed by atoms with Crippen LogP contribution in [0.5, 0.6) is 0 Å². The SMILES string of the molecule is O=c1c2cc(Cc3ccc(Cl)nc3)c(F)c(F)c2ncn1C1CCCCC1O. The molecule has 2 atom stereocenters. The molecule has 28 heavy (non-hydrogen) atoms. The third kappa shape index (κ3) is 3.40. The monoisotopic (exact) mass is 405 g/mol. The first-order valence-electron chi connectivity index (χ1n) is 9.12. The molecule has 2 aromatic heterocycles. The van der Waals surface area contributed by atoms with Gasteiger partial charge in [0.05, 0.1) is 23.9 Å². The number of pyridine rings is 1. The maximum atomic E-state index is 14.6. The molecule has 1 fully saturated rings. The fraction of sp³-hybridized carbons (Fsp3) is 0.350. The summed E-state index contributed by atoms with van der Waals surface area (Å²) in [6.45, 7) is 0. The maximum Gasteiger partial charge on any atom is 0.261 e. The molecule has 0 radical (unpaired) electrons. The number of hydrogen-bond acceptors (Lipinski definition) is 4. The number of benzene rings is 1. The lowest BCUT2D eigenvalue weighted by atomic mass is 9.92. The Morgan fingerprint density at radius 3 is 2.68 bits per heavy atom. The van der Waals surface area contributed by atoms with E-state index in [1.807, 2.05) is 0 Å². The van der Waals surface area contributed by atoms with Gasteiger partial charge in [-0.25, -0.2) is 18.7 Å². The molecule has 2 heterocycles. The van der Waals surface area contributed by atoms with Crippen LogP contribution in [0.15, 0.2) is 35.5 Å². The molecule has 1 saturated carbocycles. The molecular formula is C20H18ClF2N3O2. The van der Waals surface area contributed by atoms with E-state index in [1.54, 1.807) is 12.1 Å². The van der Waals surface area contributed by atoms with Crippen molar-refractivity contribution in [1.29, 1.82) is 0 Å². The molecule has 0 saturated heterocycles. The lowest BCUT2D eigenvalue weighted by Gasteiger charge is -2.29. The van der Waals surface area contributed by atoms with E-state index in [1.165, 1.54) is 23.2 Å². The predicted molar refractivity (Wildman–Crippen MR) is 101 cm³/mol. The molecule has 1 aliphatic carbocycles. The van der Waals surface area contributed by atoms with Gasteiger partial charge in [0.2, 0.25) is 0 Å². The predicted octanol–water partition coefficient (Wildman–Crippen LogP) is 3.79. The van der Waals surface area contributed by atoms with Crippen molar-refractivity contribution in [3.8, 4) is 0 Å². The van der Waals surface area contributed by atoms with E-state index in [0.717, 1.165) is 12.8 Å². The molecule has 8 heteroatoms. The van der Waals surface area contributed by atoms with Crippen LogP contribution >= 0.6 is 11.6 Å². The topological polar surface area (TPSA) is 68.0 Å². The van der Waals surface area contributed by atoms with E-state index < -0.39 is 29.3 Å². The second-order valence-electron chi connectivity index (χ2n) is 7.10. The number of halogens is 3. The van der Waals surface area contributed by atoms with E-state index in [4.69, 9.17) is 11.6 Å². The van der Waals surface area contributed by atoms with Crippen molar-refractivity contribution in [1.82, 2.24) is 14.5 Å². The lowest BCUT2D eigenvalue weighted by Crippen LogP contribution is -2.35. The molecule has 146 valence electrons. The summed E-state index contributed by atoms with van der Waals surface area (Å²) in [5.74, 6) is -2.19. The zero-order valence-corrected chi connectivity index (χ0v) is 15.7. The highest BCUT2D eigenvalue weighted by molar-refractivity contribution is 6.29. The van der Waals surface area contributed by atoms with E-state index in [9.17, 15) is 18.7 Å². The zero-order chi connectivity index (χ0) is 19.8. The Morgan fingerprint density at radius 1 is 1.18 bits per heavy atom. The van der Waals surface area contributed by atoms with Crippen LogP contribution < -0.4 is 5.56 Å². The minimum absolute atomic E-state index is 0.00361. The summed E-state index contributed by atoms with van der Waals surface area (Å²) in [4.78, 5) is 20.9. The fourth-order valence-electron chi connectivity index (χ4n) is 3.78. The van der Waals surface area contributed by atoms with Crippen LogP contribution in [0.2, 0.25) is 5.15 Å². The summed E-state index contributed by atoms with van der Waals surface area (Å²) in [5, 5.41) is 10.5. The van der Waals surface area contributed by atoms with Crippen molar-refractivity contribution in [2.24, 2.45) is 0 Å². The van der Waals surface area contributed by atoms with Gasteiger partial charge in [-0.05, 0) is 36.1 Å². The Morgan fingerprint density at radius 2 is 1.96 bits per heavy atom. The van der Waals surface area contributed by atoms with Crippen LogP contribution in [0, 0.1) is 11.6 Å². The van der Waals surface area contributed by atoms with Gasteiger partial charge >= 0.3 is 0 Å². The number of aliphatic hydroxyl groups excluding tert-OH is 1. The Hall–Kier alpha value is -2.38. The molecule has 2 unspecified atom stereocenters. The number of nitrogens with zero attached hydrogens (tertiary/aromatic N) is 3. The van der Waals surface area contributed by atoms with E-state index in [0.29, 0.717) is 23.6 Å². The number of rotatable bonds is 3. The van der Waals surface area contributed by atoms with Crippen LogP contribution in [0.25, 0.3) is 10.9 Å². The van der Waals surface area contributed by atoms with E-state index in [2.05, 4.69) is 9.97 Å². The number of aliphatic hydroxyl groups is 1. The Kier molecular flexibility index (Phi) is 5.12. The molecule has 0 aliphatic heterocycles. The highest BCUT2D eigenvalue weighted by atomic mass is 35.5. The van der Waals surface area contributed by atoms with Crippen LogP contribution in [0.3, 0.4) is 0 Å². The molecule has 5 nitrogen and oxygen atoms in total. The minimum atomic E-state index is -1.15. The van der Waals surface area contributed by atoms with Gasteiger partial charge < -0.3 is 5.11 Å². The van der Waals surface area contributed by atoms with Crippen molar-refractivity contribution >= 4 is 22.5 Å². The van der Waals surface area contributed by atoms with Crippen molar-refractivity contribution in [2.75, 3.05) is 0 Å². The van der Waals surface area contributed by atoms with Gasteiger partial charge in [-0.15, -0.1) is 0 Å². The van der Waals surface area contributed by atoms with Crippen LogP contribution in [0.1, 0.15) is 42.9 Å². The summed E-state index contributed by atoms with van der Waals surface area (Å²) < 4.78 is 30.5. The summed E-state index contributed by atoms with van der Waals surface area (Å²) >= 11 is 5.76. The van der Waals surface area contributed by atoms with Gasteiger partial charge in [0.25, 0.3) is 5.56 Å². The third-order valence-corrected chi connectivity index (χ3v) is 5.49. The van der Waals surface area contributed by atoms with Crippen molar-refractivity contribution < 1.29 is 13.9 Å². The minimum Gasteiger partial charge on any atom is -0.391 e. The second-order valence-corrected chi connectivity index (χ2v) is 7.49. The standard InChI is InChI=1S/C20H18ClF2N3O2/c21-16-6-5-11(9-24-16)7-12-8-13-19(18(23)17(12)22)25-10-26(20(13)28)14-3-1-2-4-15(14)27/h5-6,8-10,14-15,27H,1-4,7H2. The second kappa shape index (κ2) is 7.56. The molecule has 0 amide bonds. The van der Waals surface area contributed by atoms with Gasteiger partial charge in [-0.2, -0.15) is 0 Å². The van der Waals surface area contributed by atoms with Gasteiger partial charge in [-0.1, -0.05) is 30.5 Å². The third-order valence-electron chi connectivity index (χ3n) is 5.27. The molecule has 1 aromatic carbocycles. The highest BCUT2D eigenvalue weighted by Gasteiger charge is 2.27. The lowest BCUT2D eigenvalue weighted by molar-refractivity contribution is 0.0735. The van der Waals surface area contributed by atoms with Gasteiger partial charge in [-0.3, -0.25) is 9.36 Å².